The minimum atomic E-state index is 0.218. The minimum absolute atomic E-state index is 0.218. The molecule has 0 bridgehead atoms. The van der Waals surface area contributed by atoms with Gasteiger partial charge in [0, 0.05) is 44.1 Å². The second-order valence-corrected chi connectivity index (χ2v) is 6.86. The van der Waals surface area contributed by atoms with E-state index in [1.165, 1.54) is 0 Å². The molecule has 1 amide bonds. The molecule has 1 aromatic carbocycles. The van der Waals surface area contributed by atoms with Crippen LogP contribution in [0.3, 0.4) is 0 Å². The van der Waals surface area contributed by atoms with E-state index in [4.69, 9.17) is 4.74 Å². The number of amides is 1. The molecule has 0 radical (unpaired) electrons. The van der Waals surface area contributed by atoms with Crippen molar-refractivity contribution in [3.63, 3.8) is 0 Å². The van der Waals surface area contributed by atoms with Gasteiger partial charge in [-0.1, -0.05) is 18.2 Å². The number of nitrogens with zero attached hydrogens (tertiary/aromatic N) is 1. The number of benzene rings is 1. The van der Waals surface area contributed by atoms with Crippen LogP contribution in [-0.4, -0.2) is 55.1 Å². The average Bonchev–Trinajstić information content (AvgIpc) is 2.53. The number of hydrogen-bond donors (Lipinski definition) is 1. The summed E-state index contributed by atoms with van der Waals surface area (Å²) < 4.78 is 5.76. The van der Waals surface area contributed by atoms with Gasteiger partial charge < -0.3 is 15.0 Å². The van der Waals surface area contributed by atoms with E-state index in [-0.39, 0.29) is 5.91 Å². The highest BCUT2D eigenvalue weighted by Gasteiger charge is 2.18. The number of aryl methyl sites for hydroxylation is 1. The molecule has 1 aliphatic rings. The van der Waals surface area contributed by atoms with Crippen molar-refractivity contribution in [3.05, 3.63) is 29.8 Å². The lowest BCUT2D eigenvalue weighted by molar-refractivity contribution is -0.130. The Morgan fingerprint density at radius 1 is 1.45 bits per heavy atom. The van der Waals surface area contributed by atoms with Crippen LogP contribution in [0.2, 0.25) is 0 Å². The summed E-state index contributed by atoms with van der Waals surface area (Å²) in [4.78, 5) is 14.0. The van der Waals surface area contributed by atoms with E-state index < -0.39 is 0 Å². The minimum Gasteiger partial charge on any atom is -0.493 e. The highest BCUT2D eigenvalue weighted by molar-refractivity contribution is 7.99. The molecule has 0 aliphatic carbocycles. The molecular weight excluding hydrogens is 296 g/mol. The van der Waals surface area contributed by atoms with Gasteiger partial charge in [0.2, 0.25) is 5.91 Å². The third-order valence-corrected chi connectivity index (χ3v) is 4.97. The molecule has 1 aliphatic heterocycles. The summed E-state index contributed by atoms with van der Waals surface area (Å²) in [5.74, 6) is 3.34. The number of para-hydroxylation sites is 1. The Kier molecular flexibility index (Phi) is 7.06. The Hall–Kier alpha value is -1.20. The normalized spacial score (nSPS) is 18.0. The van der Waals surface area contributed by atoms with Gasteiger partial charge in [-0.25, -0.2) is 0 Å². The number of ether oxygens (including phenoxy) is 1. The van der Waals surface area contributed by atoms with Crippen LogP contribution in [0.1, 0.15) is 18.4 Å². The molecule has 0 saturated carbocycles. The molecule has 1 atom stereocenters. The van der Waals surface area contributed by atoms with Crippen LogP contribution >= 0.6 is 11.8 Å². The Bertz CT molecular complexity index is 475. The first-order valence-electron chi connectivity index (χ1n) is 7.90. The molecule has 1 aromatic rings. The maximum Gasteiger partial charge on any atom is 0.223 e. The Morgan fingerprint density at radius 2 is 2.27 bits per heavy atom. The fourth-order valence-corrected chi connectivity index (χ4v) is 3.39. The van der Waals surface area contributed by atoms with Crippen LogP contribution in [0.5, 0.6) is 5.75 Å². The fourth-order valence-electron chi connectivity index (χ4n) is 2.44. The lowest BCUT2D eigenvalue weighted by atomic mass is 10.2. The molecule has 1 unspecified atom stereocenters. The second kappa shape index (κ2) is 9.06. The van der Waals surface area contributed by atoms with Crippen LogP contribution < -0.4 is 10.1 Å². The first-order chi connectivity index (χ1) is 10.7. The molecule has 1 fully saturated rings. The van der Waals surface area contributed by atoms with Gasteiger partial charge in [0.05, 0.1) is 6.61 Å². The predicted octanol–water partition coefficient (Wildman–Crippen LogP) is 2.32. The third-order valence-electron chi connectivity index (χ3n) is 3.83. The van der Waals surface area contributed by atoms with Gasteiger partial charge in [-0.15, -0.1) is 0 Å². The van der Waals surface area contributed by atoms with Crippen molar-refractivity contribution in [2.45, 2.75) is 25.8 Å². The smallest absolute Gasteiger partial charge is 0.223 e. The maximum absolute atomic E-state index is 12.2. The highest BCUT2D eigenvalue weighted by atomic mass is 32.2. The number of rotatable bonds is 7. The largest absolute Gasteiger partial charge is 0.493 e. The molecule has 122 valence electrons. The summed E-state index contributed by atoms with van der Waals surface area (Å²) >= 11 is 1.92. The van der Waals surface area contributed by atoms with Crippen molar-refractivity contribution >= 4 is 17.7 Å². The maximum atomic E-state index is 12.2. The Morgan fingerprint density at radius 3 is 3.00 bits per heavy atom. The van der Waals surface area contributed by atoms with E-state index in [0.717, 1.165) is 42.3 Å². The van der Waals surface area contributed by atoms with Gasteiger partial charge in [-0.2, -0.15) is 11.8 Å². The van der Waals surface area contributed by atoms with Crippen molar-refractivity contribution in [1.29, 1.82) is 0 Å². The summed E-state index contributed by atoms with van der Waals surface area (Å²) in [6.07, 6.45) is 1.45. The van der Waals surface area contributed by atoms with Gasteiger partial charge in [-0.3, -0.25) is 4.79 Å². The molecule has 1 N–H and O–H groups in total. The van der Waals surface area contributed by atoms with E-state index >= 15 is 0 Å². The molecule has 5 heteroatoms. The van der Waals surface area contributed by atoms with E-state index in [1.807, 2.05) is 54.9 Å². The predicted molar refractivity (Wildman–Crippen MR) is 92.7 cm³/mol. The van der Waals surface area contributed by atoms with Crippen molar-refractivity contribution in [2.24, 2.45) is 0 Å². The average molecular weight is 322 g/mol. The van der Waals surface area contributed by atoms with Crippen LogP contribution in [0.15, 0.2) is 24.3 Å². The fraction of sp³-hybridized carbons (Fsp3) is 0.588. The highest BCUT2D eigenvalue weighted by Crippen LogP contribution is 2.16. The van der Waals surface area contributed by atoms with E-state index in [2.05, 4.69) is 5.32 Å². The summed E-state index contributed by atoms with van der Waals surface area (Å²) in [5.41, 5.74) is 1.15. The standard InChI is InChI=1S/C17H26N2O2S/c1-14-6-3-4-7-16(14)21-10-5-9-19(2)17(20)12-15-13-22-11-8-18-15/h3-4,6-7,15,18H,5,8-13H2,1-2H3. The van der Waals surface area contributed by atoms with Crippen LogP contribution in [0.4, 0.5) is 0 Å². The zero-order chi connectivity index (χ0) is 15.8. The van der Waals surface area contributed by atoms with Gasteiger partial charge in [0.1, 0.15) is 5.75 Å². The molecular formula is C17H26N2O2S. The van der Waals surface area contributed by atoms with Gasteiger partial charge >= 0.3 is 0 Å². The van der Waals surface area contributed by atoms with Gasteiger partial charge in [0.15, 0.2) is 0 Å². The topological polar surface area (TPSA) is 41.6 Å². The van der Waals surface area contributed by atoms with Crippen molar-refractivity contribution in [1.82, 2.24) is 10.2 Å². The lowest BCUT2D eigenvalue weighted by Gasteiger charge is -2.25. The first kappa shape index (κ1) is 17.2. The monoisotopic (exact) mass is 322 g/mol. The van der Waals surface area contributed by atoms with Gasteiger partial charge in [-0.05, 0) is 25.0 Å². The molecule has 4 nitrogen and oxygen atoms in total. The van der Waals surface area contributed by atoms with E-state index in [1.54, 1.807) is 0 Å². The Balaban J connectivity index is 1.63. The molecule has 0 aromatic heterocycles. The van der Waals surface area contributed by atoms with Crippen molar-refractivity contribution < 1.29 is 9.53 Å². The van der Waals surface area contributed by atoms with Crippen LogP contribution in [0.25, 0.3) is 0 Å². The summed E-state index contributed by atoms with van der Waals surface area (Å²) in [6, 6.07) is 8.34. The number of thioether (sulfide) groups is 1. The summed E-state index contributed by atoms with van der Waals surface area (Å²) in [7, 11) is 1.88. The molecule has 0 spiro atoms. The quantitative estimate of drug-likeness (QED) is 0.782. The number of hydrogen-bond acceptors (Lipinski definition) is 4. The third kappa shape index (κ3) is 5.54. The van der Waals surface area contributed by atoms with Crippen molar-refractivity contribution in [3.8, 4) is 5.75 Å². The van der Waals surface area contributed by atoms with Crippen molar-refractivity contribution in [2.75, 3.05) is 38.2 Å². The van der Waals surface area contributed by atoms with E-state index in [9.17, 15) is 4.79 Å². The Labute approximate surface area is 137 Å². The molecule has 22 heavy (non-hydrogen) atoms. The van der Waals surface area contributed by atoms with E-state index in [0.29, 0.717) is 19.1 Å². The SMILES string of the molecule is Cc1ccccc1OCCCN(C)C(=O)CC1CSCCN1. The second-order valence-electron chi connectivity index (χ2n) is 5.71. The summed E-state index contributed by atoms with van der Waals surface area (Å²) in [6.45, 7) is 4.43. The summed E-state index contributed by atoms with van der Waals surface area (Å²) in [5, 5.41) is 3.41. The lowest BCUT2D eigenvalue weighted by Crippen LogP contribution is -2.42. The number of nitrogens with one attached hydrogen (secondary N) is 1. The van der Waals surface area contributed by atoms with Gasteiger partial charge in [0.25, 0.3) is 0 Å². The zero-order valence-electron chi connectivity index (χ0n) is 13.5. The first-order valence-corrected chi connectivity index (χ1v) is 9.06. The number of carbonyl (C=O) groups excluding carboxylic acids is 1. The molecule has 2 rings (SSSR count). The van der Waals surface area contributed by atoms with Crippen LogP contribution in [0, 0.1) is 6.92 Å². The molecule has 1 saturated heterocycles. The zero-order valence-corrected chi connectivity index (χ0v) is 14.3. The number of carbonyl (C=O) groups is 1. The van der Waals surface area contributed by atoms with Crippen LogP contribution in [-0.2, 0) is 4.79 Å². The molecule has 1 heterocycles.